The minimum Gasteiger partial charge on any atom is -0.471 e. The molecule has 0 unspecified atom stereocenters. The summed E-state index contributed by atoms with van der Waals surface area (Å²) in [5, 5.41) is 13.0. The molecule has 0 radical (unpaired) electrons. The first-order chi connectivity index (χ1) is 15.4. The molecule has 7 nitrogen and oxygen atoms in total. The van der Waals surface area contributed by atoms with Gasteiger partial charge in [0.2, 0.25) is 0 Å². The summed E-state index contributed by atoms with van der Waals surface area (Å²) in [5.74, 6) is 0.297. The third kappa shape index (κ3) is 4.95. The lowest BCUT2D eigenvalue weighted by Crippen LogP contribution is -2.15. The minimum absolute atomic E-state index is 0.154. The molecule has 0 saturated carbocycles. The molecule has 0 fully saturated rings. The van der Waals surface area contributed by atoms with Gasteiger partial charge in [0, 0.05) is 16.2 Å². The van der Waals surface area contributed by atoms with E-state index in [1.54, 1.807) is 36.5 Å². The molecule has 0 bridgehead atoms. The molecule has 0 atom stereocenters. The molecule has 9 heteroatoms. The van der Waals surface area contributed by atoms with Crippen molar-refractivity contribution in [3.05, 3.63) is 93.5 Å². The van der Waals surface area contributed by atoms with Crippen LogP contribution in [0.2, 0.25) is 10.0 Å². The maximum absolute atomic E-state index is 12.8. The van der Waals surface area contributed by atoms with Crippen molar-refractivity contribution in [3.63, 3.8) is 0 Å². The molecular formula is C23H21Cl2N5O2. The third-order valence-corrected chi connectivity index (χ3v) is 5.53. The molecule has 4 rings (SSSR count). The number of carbonyl (C=O) groups excluding carboxylic acids is 1. The fraction of sp³-hybridized carbons (Fsp3) is 0.174. The number of hydrogen-bond donors (Lipinski definition) is 1. The maximum atomic E-state index is 12.8. The second kappa shape index (κ2) is 9.46. The average Bonchev–Trinajstić information content (AvgIpc) is 3.34. The van der Waals surface area contributed by atoms with Crippen molar-refractivity contribution in [1.82, 2.24) is 19.6 Å². The molecule has 2 heterocycles. The number of benzene rings is 2. The van der Waals surface area contributed by atoms with Gasteiger partial charge >= 0.3 is 0 Å². The number of hydrogen-bond acceptors (Lipinski definition) is 4. The van der Waals surface area contributed by atoms with Crippen LogP contribution in [0.4, 0.5) is 5.69 Å². The fourth-order valence-corrected chi connectivity index (χ4v) is 3.63. The average molecular weight is 470 g/mol. The lowest BCUT2D eigenvalue weighted by molar-refractivity contribution is 0.102. The summed E-state index contributed by atoms with van der Waals surface area (Å²) < 4.78 is 9.01. The highest BCUT2D eigenvalue weighted by molar-refractivity contribution is 6.31. The molecule has 4 aromatic rings. The van der Waals surface area contributed by atoms with E-state index in [1.165, 1.54) is 4.68 Å². The van der Waals surface area contributed by atoms with E-state index in [0.717, 1.165) is 11.3 Å². The summed E-state index contributed by atoms with van der Waals surface area (Å²) in [5.41, 5.74) is 3.44. The molecule has 0 aliphatic heterocycles. The van der Waals surface area contributed by atoms with Gasteiger partial charge in [-0.1, -0.05) is 47.5 Å². The Kier molecular flexibility index (Phi) is 6.48. The zero-order valence-corrected chi connectivity index (χ0v) is 19.1. The standard InChI is InChI=1S/C23H21Cl2N5O2/c1-15-22(16(2)30(27-15)13-17-6-3-4-9-20(17)25)26-23(31)21-10-11-29(28-21)14-32-19-8-5-7-18(24)12-19/h3-12H,13-14H2,1-2H3,(H,26,31). The molecule has 2 aromatic carbocycles. The van der Waals surface area contributed by atoms with E-state index >= 15 is 0 Å². The van der Waals surface area contributed by atoms with Crippen LogP contribution >= 0.6 is 23.2 Å². The zero-order valence-electron chi connectivity index (χ0n) is 17.5. The number of nitrogens with one attached hydrogen (secondary N) is 1. The molecule has 0 aliphatic carbocycles. The highest BCUT2D eigenvalue weighted by Gasteiger charge is 2.17. The fourth-order valence-electron chi connectivity index (χ4n) is 3.25. The Hall–Kier alpha value is -3.29. The van der Waals surface area contributed by atoms with Gasteiger partial charge < -0.3 is 10.1 Å². The van der Waals surface area contributed by atoms with Crippen molar-refractivity contribution in [1.29, 1.82) is 0 Å². The Morgan fingerprint density at radius 2 is 1.88 bits per heavy atom. The van der Waals surface area contributed by atoms with Gasteiger partial charge in [-0.3, -0.25) is 9.48 Å². The number of ether oxygens (including phenoxy) is 1. The molecule has 32 heavy (non-hydrogen) atoms. The van der Waals surface area contributed by atoms with Crippen LogP contribution in [0, 0.1) is 13.8 Å². The third-order valence-electron chi connectivity index (χ3n) is 4.93. The Labute approximate surface area is 195 Å². The summed E-state index contributed by atoms with van der Waals surface area (Å²) in [6, 6.07) is 16.3. The SMILES string of the molecule is Cc1nn(Cc2ccccc2Cl)c(C)c1NC(=O)c1ccn(COc2cccc(Cl)c2)n1. The van der Waals surface area contributed by atoms with Crippen molar-refractivity contribution < 1.29 is 9.53 Å². The number of anilines is 1. The van der Waals surface area contributed by atoms with Crippen LogP contribution < -0.4 is 10.1 Å². The second-order valence-electron chi connectivity index (χ2n) is 7.22. The topological polar surface area (TPSA) is 74.0 Å². The molecule has 1 amide bonds. The van der Waals surface area contributed by atoms with Crippen molar-refractivity contribution in [2.24, 2.45) is 0 Å². The highest BCUT2D eigenvalue weighted by Crippen LogP contribution is 2.23. The van der Waals surface area contributed by atoms with Gasteiger partial charge in [0.25, 0.3) is 5.91 Å². The van der Waals surface area contributed by atoms with Crippen molar-refractivity contribution >= 4 is 34.8 Å². The summed E-state index contributed by atoms with van der Waals surface area (Å²) in [4.78, 5) is 12.8. The van der Waals surface area contributed by atoms with E-state index in [9.17, 15) is 4.79 Å². The van der Waals surface area contributed by atoms with E-state index < -0.39 is 0 Å². The minimum atomic E-state index is -0.324. The first-order valence-electron chi connectivity index (χ1n) is 9.91. The van der Waals surface area contributed by atoms with Crippen LogP contribution in [-0.2, 0) is 13.3 Å². The first kappa shape index (κ1) is 21.9. The molecule has 0 saturated heterocycles. The second-order valence-corrected chi connectivity index (χ2v) is 8.06. The van der Waals surface area contributed by atoms with Crippen LogP contribution in [0.15, 0.2) is 60.8 Å². The number of aryl methyl sites for hydroxylation is 1. The van der Waals surface area contributed by atoms with Crippen LogP contribution in [-0.4, -0.2) is 25.5 Å². The van der Waals surface area contributed by atoms with E-state index in [4.69, 9.17) is 27.9 Å². The van der Waals surface area contributed by atoms with Gasteiger partial charge in [-0.25, -0.2) is 4.68 Å². The molecule has 164 valence electrons. The first-order valence-corrected chi connectivity index (χ1v) is 10.7. The Morgan fingerprint density at radius 3 is 2.66 bits per heavy atom. The Bertz CT molecular complexity index is 1270. The zero-order chi connectivity index (χ0) is 22.7. The van der Waals surface area contributed by atoms with Gasteiger partial charge in [0.1, 0.15) is 5.75 Å². The largest absolute Gasteiger partial charge is 0.471 e. The van der Waals surface area contributed by atoms with Crippen LogP contribution in [0.3, 0.4) is 0 Å². The van der Waals surface area contributed by atoms with Crippen LogP contribution in [0.5, 0.6) is 5.75 Å². The van der Waals surface area contributed by atoms with Crippen molar-refractivity contribution in [2.45, 2.75) is 27.1 Å². The molecule has 2 aromatic heterocycles. The lowest BCUT2D eigenvalue weighted by Gasteiger charge is -2.08. The number of nitrogens with zero attached hydrogens (tertiary/aromatic N) is 4. The Morgan fingerprint density at radius 1 is 1.06 bits per heavy atom. The molecule has 0 aliphatic rings. The predicted molar refractivity (Wildman–Crippen MR) is 125 cm³/mol. The molecular weight excluding hydrogens is 449 g/mol. The van der Waals surface area contributed by atoms with E-state index in [1.807, 2.05) is 42.8 Å². The van der Waals surface area contributed by atoms with Gasteiger partial charge in [0.05, 0.1) is 23.6 Å². The molecule has 0 spiro atoms. The van der Waals surface area contributed by atoms with E-state index in [2.05, 4.69) is 15.5 Å². The van der Waals surface area contributed by atoms with E-state index in [-0.39, 0.29) is 18.3 Å². The number of carbonyl (C=O) groups is 1. The lowest BCUT2D eigenvalue weighted by atomic mass is 10.2. The quantitative estimate of drug-likeness (QED) is 0.396. The summed E-state index contributed by atoms with van der Waals surface area (Å²) in [7, 11) is 0. The summed E-state index contributed by atoms with van der Waals surface area (Å²) in [6.45, 7) is 4.42. The number of amides is 1. The van der Waals surface area contributed by atoms with Gasteiger partial charge in [-0.05, 0) is 49.7 Å². The van der Waals surface area contributed by atoms with E-state index in [0.29, 0.717) is 33.7 Å². The van der Waals surface area contributed by atoms with Gasteiger partial charge in [0.15, 0.2) is 12.4 Å². The predicted octanol–water partition coefficient (Wildman–Crippen LogP) is 5.34. The molecule has 1 N–H and O–H groups in total. The van der Waals surface area contributed by atoms with Crippen LogP contribution in [0.1, 0.15) is 27.4 Å². The monoisotopic (exact) mass is 469 g/mol. The number of halogens is 2. The van der Waals surface area contributed by atoms with Crippen molar-refractivity contribution in [2.75, 3.05) is 5.32 Å². The van der Waals surface area contributed by atoms with Gasteiger partial charge in [-0.2, -0.15) is 10.2 Å². The normalized spacial score (nSPS) is 10.9. The summed E-state index contributed by atoms with van der Waals surface area (Å²) in [6.07, 6.45) is 1.68. The van der Waals surface area contributed by atoms with Crippen LogP contribution in [0.25, 0.3) is 0 Å². The highest BCUT2D eigenvalue weighted by atomic mass is 35.5. The smallest absolute Gasteiger partial charge is 0.276 e. The number of aromatic nitrogens is 4. The van der Waals surface area contributed by atoms with Crippen molar-refractivity contribution in [3.8, 4) is 5.75 Å². The Balaban J connectivity index is 1.43. The van der Waals surface area contributed by atoms with Gasteiger partial charge in [-0.15, -0.1) is 0 Å². The maximum Gasteiger partial charge on any atom is 0.276 e. The summed E-state index contributed by atoms with van der Waals surface area (Å²) >= 11 is 12.2. The number of rotatable bonds is 7.